The number of ether oxygens (including phenoxy) is 10. The van der Waals surface area contributed by atoms with Crippen molar-refractivity contribution >= 4 is 0 Å². The zero-order chi connectivity index (χ0) is 33.3. The van der Waals surface area contributed by atoms with Crippen molar-refractivity contribution in [3.05, 3.63) is 69.8 Å². The molecule has 2 N–H and O–H groups in total. The van der Waals surface area contributed by atoms with Crippen molar-refractivity contribution in [3.8, 4) is 0 Å². The van der Waals surface area contributed by atoms with Crippen LogP contribution in [0.25, 0.3) is 0 Å². The second kappa shape index (κ2) is 20.0. The van der Waals surface area contributed by atoms with E-state index in [1.165, 1.54) is 0 Å². The number of benzene rings is 1. The molecular weight excluding hydrogens is 624 g/mol. The van der Waals surface area contributed by atoms with Crippen LogP contribution in [0.15, 0.2) is 53.1 Å². The smallest absolute Gasteiger partial charge is 0.134 e. The second-order valence-corrected chi connectivity index (χ2v) is 11.9. The van der Waals surface area contributed by atoms with Crippen LogP contribution >= 0.6 is 0 Å². The van der Waals surface area contributed by atoms with Crippen LogP contribution in [0.2, 0.25) is 0 Å². The quantitative estimate of drug-likeness (QED) is 0.476. The molecule has 12 nitrogen and oxygen atoms in total. The maximum atomic E-state index is 9.90. The third-order valence-electron chi connectivity index (χ3n) is 8.80. The number of hydrogen-bond donors (Lipinski definition) is 2. The Labute approximate surface area is 283 Å². The number of fused-ring (bicyclic) bond motifs is 2. The Bertz CT molecular complexity index is 1180. The molecule has 0 saturated carbocycles. The minimum absolute atomic E-state index is 0.0432. The fraction of sp³-hybridized carbons (Fsp3) is 0.667. The number of rotatable bonds is 2. The van der Waals surface area contributed by atoms with Gasteiger partial charge in [-0.05, 0) is 45.9 Å². The molecule has 1 fully saturated rings. The minimum atomic E-state index is -0.804. The van der Waals surface area contributed by atoms with E-state index in [9.17, 15) is 10.2 Å². The molecule has 1 aliphatic heterocycles. The van der Waals surface area contributed by atoms with Gasteiger partial charge in [0, 0.05) is 13.2 Å². The molecule has 268 valence electrons. The van der Waals surface area contributed by atoms with E-state index in [-0.39, 0.29) is 13.2 Å². The Kier molecular flexibility index (Phi) is 15.5. The Hall–Kier alpha value is -2.04. The van der Waals surface area contributed by atoms with Gasteiger partial charge in [0.05, 0.1) is 131 Å². The highest BCUT2D eigenvalue weighted by Crippen LogP contribution is 2.67. The van der Waals surface area contributed by atoms with Crippen molar-refractivity contribution in [1.82, 2.24) is 0 Å². The molecule has 48 heavy (non-hydrogen) atoms. The van der Waals surface area contributed by atoms with Gasteiger partial charge in [0.1, 0.15) is 5.60 Å². The lowest BCUT2D eigenvalue weighted by atomic mass is 9.47. The summed E-state index contributed by atoms with van der Waals surface area (Å²) in [6.45, 7) is 8.95. The van der Waals surface area contributed by atoms with Crippen molar-refractivity contribution < 1.29 is 57.6 Å². The van der Waals surface area contributed by atoms with Crippen LogP contribution in [-0.4, -0.2) is 142 Å². The molecule has 1 aromatic rings. The number of allylic oxidation sites excluding steroid dienone is 2. The molecule has 1 atom stereocenters. The van der Waals surface area contributed by atoms with Crippen LogP contribution in [0.4, 0.5) is 0 Å². The summed E-state index contributed by atoms with van der Waals surface area (Å²) in [7, 11) is 0. The summed E-state index contributed by atoms with van der Waals surface area (Å²) in [5.41, 5.74) is 4.34. The largest absolute Gasteiger partial charge is 0.392 e. The molecule has 4 aliphatic carbocycles. The van der Waals surface area contributed by atoms with Gasteiger partial charge in [-0.3, -0.25) is 0 Å². The summed E-state index contributed by atoms with van der Waals surface area (Å²) in [5.74, 6) is 0. The van der Waals surface area contributed by atoms with E-state index in [0.29, 0.717) is 126 Å². The molecular formula is C36H52O12. The van der Waals surface area contributed by atoms with Crippen molar-refractivity contribution in [2.75, 3.05) is 132 Å². The van der Waals surface area contributed by atoms with Gasteiger partial charge in [0.2, 0.25) is 0 Å². The number of aliphatic hydroxyl groups excluding tert-OH is 2. The standard InChI is InChI=1S/C36H52O12/c37-26-29-20-31-24-32(21-29)35(31)28-47-17-16-45-13-12-43-10-8-41-6-4-39-2-1-3-40-5-7-42-9-11-44-14-15-46-18-19-48-36(35)33-22-30(27-38)23-34(36)25-33/h20-25,37-38H,1-19,26-28H2. The zero-order valence-electron chi connectivity index (χ0n) is 28.0. The highest BCUT2D eigenvalue weighted by Gasteiger charge is 2.65. The molecule has 1 saturated heterocycles. The van der Waals surface area contributed by atoms with E-state index in [2.05, 4.69) is 12.1 Å². The van der Waals surface area contributed by atoms with Crippen LogP contribution in [0.3, 0.4) is 0 Å². The van der Waals surface area contributed by atoms with Crippen molar-refractivity contribution in [1.29, 1.82) is 0 Å². The van der Waals surface area contributed by atoms with E-state index >= 15 is 0 Å². The number of aliphatic hydroxyl groups is 2. The van der Waals surface area contributed by atoms with Gasteiger partial charge in [-0.2, -0.15) is 0 Å². The highest BCUT2D eigenvalue weighted by atomic mass is 16.6. The van der Waals surface area contributed by atoms with Gasteiger partial charge in [-0.25, -0.2) is 0 Å². The van der Waals surface area contributed by atoms with Gasteiger partial charge in [0.25, 0.3) is 0 Å². The van der Waals surface area contributed by atoms with Crippen LogP contribution in [0.5, 0.6) is 0 Å². The summed E-state index contributed by atoms with van der Waals surface area (Å²) < 4.78 is 58.3. The lowest BCUT2D eigenvalue weighted by Crippen LogP contribution is -2.60. The molecule has 4 bridgehead atoms. The third-order valence-corrected chi connectivity index (χ3v) is 8.80. The van der Waals surface area contributed by atoms with E-state index in [0.717, 1.165) is 39.8 Å². The van der Waals surface area contributed by atoms with Gasteiger partial charge in [-0.1, -0.05) is 30.4 Å². The fourth-order valence-electron chi connectivity index (χ4n) is 6.48. The highest BCUT2D eigenvalue weighted by molar-refractivity contribution is 5.70. The summed E-state index contributed by atoms with van der Waals surface area (Å²) in [6.07, 6.45) is 7.00. The molecule has 6 rings (SSSR count). The fourth-order valence-corrected chi connectivity index (χ4v) is 6.48. The van der Waals surface area contributed by atoms with Gasteiger partial charge >= 0.3 is 0 Å². The first-order chi connectivity index (χ1) is 23.7. The Morgan fingerprint density at radius 2 is 0.896 bits per heavy atom. The Morgan fingerprint density at radius 3 is 1.33 bits per heavy atom. The summed E-state index contributed by atoms with van der Waals surface area (Å²) in [5, 5.41) is 19.8. The zero-order valence-corrected chi connectivity index (χ0v) is 28.0. The van der Waals surface area contributed by atoms with Gasteiger partial charge < -0.3 is 57.6 Å². The van der Waals surface area contributed by atoms with Crippen molar-refractivity contribution in [2.45, 2.75) is 18.6 Å². The van der Waals surface area contributed by atoms with Crippen LogP contribution < -0.4 is 0 Å². The van der Waals surface area contributed by atoms with Crippen LogP contribution in [0, 0.1) is 5.41 Å². The Morgan fingerprint density at radius 1 is 0.458 bits per heavy atom. The normalized spacial score (nSPS) is 26.5. The van der Waals surface area contributed by atoms with E-state index < -0.39 is 11.0 Å². The molecule has 1 unspecified atom stereocenters. The van der Waals surface area contributed by atoms with Crippen molar-refractivity contribution in [2.24, 2.45) is 5.41 Å². The monoisotopic (exact) mass is 676 g/mol. The van der Waals surface area contributed by atoms with E-state index in [1.807, 2.05) is 24.3 Å². The maximum Gasteiger partial charge on any atom is 0.134 e. The van der Waals surface area contributed by atoms with E-state index in [1.54, 1.807) is 0 Å². The van der Waals surface area contributed by atoms with Crippen LogP contribution in [-0.2, 0) is 59.6 Å². The molecule has 12 heteroatoms. The molecule has 0 radical (unpaired) electrons. The maximum absolute atomic E-state index is 9.90. The lowest BCUT2D eigenvalue weighted by molar-refractivity contribution is -0.136. The molecule has 2 spiro atoms. The predicted octanol–water partition coefficient (Wildman–Crippen LogP) is 2.09. The minimum Gasteiger partial charge on any atom is -0.392 e. The van der Waals surface area contributed by atoms with Gasteiger partial charge in [0.15, 0.2) is 0 Å². The third kappa shape index (κ3) is 9.19. The number of hydrogen-bond acceptors (Lipinski definition) is 12. The molecule has 0 aromatic heterocycles. The van der Waals surface area contributed by atoms with E-state index in [4.69, 9.17) is 47.4 Å². The molecule has 0 amide bonds. The summed E-state index contributed by atoms with van der Waals surface area (Å²) in [6, 6.07) is 6.10. The molecule has 5 aliphatic rings. The van der Waals surface area contributed by atoms with Crippen LogP contribution in [0.1, 0.15) is 23.1 Å². The van der Waals surface area contributed by atoms with Crippen molar-refractivity contribution in [3.63, 3.8) is 0 Å². The average Bonchev–Trinajstić information content (AvgIpc) is 3.12. The first kappa shape index (κ1) is 37.2. The second-order valence-electron chi connectivity index (χ2n) is 11.9. The lowest BCUT2D eigenvalue weighted by Gasteiger charge is -2.61. The summed E-state index contributed by atoms with van der Waals surface area (Å²) in [4.78, 5) is 0. The SMILES string of the molecule is OCC1=CC2=CC(=C1)C21OCCOCCOCCOCCOCCCOCCOCCOCCOCCOCC12c1cc(CO)cc2c1. The topological polar surface area (TPSA) is 133 Å². The molecule has 1 aromatic carbocycles. The first-order valence-corrected chi connectivity index (χ1v) is 17.1. The first-order valence-electron chi connectivity index (χ1n) is 17.1. The van der Waals surface area contributed by atoms with Gasteiger partial charge in [-0.15, -0.1) is 0 Å². The summed E-state index contributed by atoms with van der Waals surface area (Å²) >= 11 is 0. The average molecular weight is 677 g/mol. The molecule has 1 heterocycles. The predicted molar refractivity (Wildman–Crippen MR) is 175 cm³/mol. The Balaban J connectivity index is 1.17.